The van der Waals surface area contributed by atoms with E-state index in [1.165, 1.54) is 4.90 Å². The van der Waals surface area contributed by atoms with Crippen LogP contribution in [0.1, 0.15) is 43.6 Å². The summed E-state index contributed by atoms with van der Waals surface area (Å²) in [6.07, 6.45) is 4.03. The third kappa shape index (κ3) is 2.49. The van der Waals surface area contributed by atoms with Gasteiger partial charge >= 0.3 is 5.97 Å². The first-order valence-electron chi connectivity index (χ1n) is 6.81. The number of likely N-dealkylation sites (tertiary alicyclic amines) is 1. The molecule has 1 aliphatic rings. The van der Waals surface area contributed by atoms with Crippen LogP contribution in [0.25, 0.3) is 0 Å². The molecule has 1 saturated heterocycles. The van der Waals surface area contributed by atoms with E-state index in [2.05, 4.69) is 15.9 Å². The lowest BCUT2D eigenvalue weighted by atomic mass is 9.88. The minimum Gasteiger partial charge on any atom is -0.480 e. The number of carboxylic acids is 1. The van der Waals surface area contributed by atoms with Crippen molar-refractivity contribution in [1.29, 1.82) is 0 Å². The Morgan fingerprint density at radius 2 is 2.15 bits per heavy atom. The maximum absolute atomic E-state index is 12.7. The number of rotatable bonds is 3. The quantitative estimate of drug-likeness (QED) is 0.918. The molecule has 1 aliphatic heterocycles. The predicted octanol–water partition coefficient (Wildman–Crippen LogP) is 2.74. The fourth-order valence-electron chi connectivity index (χ4n) is 2.72. The first-order valence-corrected chi connectivity index (χ1v) is 7.60. The normalized spacial score (nSPS) is 22.9. The molecule has 2 rings (SSSR count). The lowest BCUT2D eigenvalue weighted by Crippen LogP contribution is -2.57. The van der Waals surface area contributed by atoms with Crippen molar-refractivity contribution in [1.82, 2.24) is 9.47 Å². The van der Waals surface area contributed by atoms with Crippen LogP contribution in [0.15, 0.2) is 16.7 Å². The summed E-state index contributed by atoms with van der Waals surface area (Å²) in [5.41, 5.74) is -0.571. The van der Waals surface area contributed by atoms with Crippen LogP contribution in [0.4, 0.5) is 0 Å². The molecular weight excluding hydrogens is 324 g/mol. The van der Waals surface area contributed by atoms with Gasteiger partial charge in [0.15, 0.2) is 0 Å². The van der Waals surface area contributed by atoms with Crippen LogP contribution in [0, 0.1) is 0 Å². The van der Waals surface area contributed by atoms with Gasteiger partial charge in [0.05, 0.1) is 0 Å². The van der Waals surface area contributed by atoms with Gasteiger partial charge in [0.2, 0.25) is 0 Å². The van der Waals surface area contributed by atoms with Gasteiger partial charge in [-0.3, -0.25) is 4.79 Å². The van der Waals surface area contributed by atoms with Gasteiger partial charge in [0.25, 0.3) is 5.91 Å². The molecule has 1 aromatic heterocycles. The maximum Gasteiger partial charge on any atom is 0.329 e. The number of halogens is 1. The second-order valence-corrected chi connectivity index (χ2v) is 6.24. The zero-order valence-corrected chi connectivity index (χ0v) is 13.3. The van der Waals surface area contributed by atoms with Crippen molar-refractivity contribution in [3.05, 3.63) is 22.4 Å². The monoisotopic (exact) mass is 342 g/mol. The Morgan fingerprint density at radius 3 is 2.75 bits per heavy atom. The summed E-state index contributed by atoms with van der Waals surface area (Å²) in [5.74, 6) is -1.14. The molecular formula is C14H19BrN2O3. The first-order chi connectivity index (χ1) is 9.40. The summed E-state index contributed by atoms with van der Waals surface area (Å²) in [6, 6.07) is 1.75. The number of amides is 1. The number of piperidine rings is 1. The molecule has 0 bridgehead atoms. The standard InChI is InChI=1S/C14H19BrN2O3/c1-3-16-9-10(15)8-11(16)12(18)17-7-5-4-6-14(17,2)13(19)20/h8-9H,3-7H2,1-2H3,(H,19,20). The molecule has 5 nitrogen and oxygen atoms in total. The van der Waals surface area contributed by atoms with Crippen molar-refractivity contribution in [3.8, 4) is 0 Å². The number of carboxylic acid groups (broad SMARTS) is 1. The lowest BCUT2D eigenvalue weighted by molar-refractivity contribution is -0.150. The third-order valence-electron chi connectivity index (χ3n) is 4.02. The minimum atomic E-state index is -1.11. The molecule has 1 N–H and O–H groups in total. The average molecular weight is 343 g/mol. The number of carbonyl (C=O) groups is 2. The Balaban J connectivity index is 2.37. The molecule has 2 heterocycles. The van der Waals surface area contributed by atoms with E-state index >= 15 is 0 Å². The SMILES string of the molecule is CCn1cc(Br)cc1C(=O)N1CCCCC1(C)C(=O)O. The van der Waals surface area contributed by atoms with E-state index in [4.69, 9.17) is 0 Å². The third-order valence-corrected chi connectivity index (χ3v) is 4.45. The van der Waals surface area contributed by atoms with Crippen LogP contribution in [0.5, 0.6) is 0 Å². The molecule has 1 atom stereocenters. The zero-order valence-electron chi connectivity index (χ0n) is 11.7. The van der Waals surface area contributed by atoms with Gasteiger partial charge in [-0.15, -0.1) is 0 Å². The fraction of sp³-hybridized carbons (Fsp3) is 0.571. The van der Waals surface area contributed by atoms with Crippen molar-refractivity contribution in [3.63, 3.8) is 0 Å². The Hall–Kier alpha value is -1.30. The Labute approximate surface area is 126 Å². The van der Waals surface area contributed by atoms with E-state index in [9.17, 15) is 14.7 Å². The van der Waals surface area contributed by atoms with Crippen molar-refractivity contribution in [2.75, 3.05) is 6.54 Å². The van der Waals surface area contributed by atoms with Crippen LogP contribution < -0.4 is 0 Å². The Kier molecular flexibility index (Phi) is 4.22. The highest BCUT2D eigenvalue weighted by molar-refractivity contribution is 9.10. The van der Waals surface area contributed by atoms with Crippen molar-refractivity contribution in [2.24, 2.45) is 0 Å². The molecule has 0 aliphatic carbocycles. The van der Waals surface area contributed by atoms with E-state index in [-0.39, 0.29) is 5.91 Å². The molecule has 0 aromatic carbocycles. The largest absolute Gasteiger partial charge is 0.480 e. The van der Waals surface area contributed by atoms with E-state index in [1.54, 1.807) is 13.0 Å². The molecule has 0 radical (unpaired) electrons. The molecule has 1 amide bonds. The van der Waals surface area contributed by atoms with Crippen molar-refractivity contribution >= 4 is 27.8 Å². The van der Waals surface area contributed by atoms with Gasteiger partial charge in [-0.05, 0) is 55.1 Å². The molecule has 1 fully saturated rings. The number of hydrogen-bond donors (Lipinski definition) is 1. The molecule has 0 saturated carbocycles. The van der Waals surface area contributed by atoms with Crippen LogP contribution in [0.3, 0.4) is 0 Å². The topological polar surface area (TPSA) is 62.5 Å². The molecule has 6 heteroatoms. The van der Waals surface area contributed by atoms with Crippen molar-refractivity contribution < 1.29 is 14.7 Å². The Bertz CT molecular complexity index is 541. The Morgan fingerprint density at radius 1 is 1.45 bits per heavy atom. The first kappa shape index (κ1) is 15.1. The van der Waals surface area contributed by atoms with Crippen LogP contribution in [0.2, 0.25) is 0 Å². The smallest absolute Gasteiger partial charge is 0.329 e. The molecule has 1 unspecified atom stereocenters. The highest BCUT2D eigenvalue weighted by atomic mass is 79.9. The second kappa shape index (κ2) is 5.60. The number of nitrogens with zero attached hydrogens (tertiary/aromatic N) is 2. The van der Waals surface area contributed by atoms with Gasteiger partial charge in [0.1, 0.15) is 11.2 Å². The number of aliphatic carboxylic acids is 1. The summed E-state index contributed by atoms with van der Waals surface area (Å²) in [6.45, 7) is 4.76. The molecule has 110 valence electrons. The van der Waals surface area contributed by atoms with Crippen LogP contribution in [-0.4, -0.2) is 38.5 Å². The zero-order chi connectivity index (χ0) is 14.9. The number of hydrogen-bond acceptors (Lipinski definition) is 2. The summed E-state index contributed by atoms with van der Waals surface area (Å²) in [7, 11) is 0. The van der Waals surface area contributed by atoms with E-state index in [0.717, 1.165) is 17.3 Å². The lowest BCUT2D eigenvalue weighted by Gasteiger charge is -2.41. The van der Waals surface area contributed by atoms with Gasteiger partial charge in [0, 0.05) is 23.8 Å². The summed E-state index contributed by atoms with van der Waals surface area (Å²) < 4.78 is 2.67. The minimum absolute atomic E-state index is 0.206. The second-order valence-electron chi connectivity index (χ2n) is 5.32. The summed E-state index contributed by atoms with van der Waals surface area (Å²) >= 11 is 3.37. The van der Waals surface area contributed by atoms with Crippen LogP contribution >= 0.6 is 15.9 Å². The maximum atomic E-state index is 12.7. The molecule has 20 heavy (non-hydrogen) atoms. The molecule has 1 aromatic rings. The summed E-state index contributed by atoms with van der Waals surface area (Å²) in [4.78, 5) is 25.8. The average Bonchev–Trinajstić information content (AvgIpc) is 2.79. The summed E-state index contributed by atoms with van der Waals surface area (Å²) in [5, 5.41) is 9.49. The van der Waals surface area contributed by atoms with Gasteiger partial charge < -0.3 is 14.6 Å². The number of aryl methyl sites for hydroxylation is 1. The van der Waals surface area contributed by atoms with Gasteiger partial charge in [-0.1, -0.05) is 0 Å². The fourth-order valence-corrected chi connectivity index (χ4v) is 3.19. The van der Waals surface area contributed by atoms with Gasteiger partial charge in [-0.25, -0.2) is 4.79 Å². The van der Waals surface area contributed by atoms with Gasteiger partial charge in [-0.2, -0.15) is 0 Å². The van der Waals surface area contributed by atoms with Crippen molar-refractivity contribution in [2.45, 2.75) is 45.2 Å². The number of aromatic nitrogens is 1. The predicted molar refractivity (Wildman–Crippen MR) is 78.7 cm³/mol. The van der Waals surface area contributed by atoms with Crippen LogP contribution in [-0.2, 0) is 11.3 Å². The molecule has 0 spiro atoms. The van der Waals surface area contributed by atoms with E-state index in [0.29, 0.717) is 25.2 Å². The van der Waals surface area contributed by atoms with E-state index in [1.807, 2.05) is 17.7 Å². The van der Waals surface area contributed by atoms with E-state index < -0.39 is 11.5 Å². The highest BCUT2D eigenvalue weighted by Gasteiger charge is 2.44. The number of carbonyl (C=O) groups excluding carboxylic acids is 1. The highest BCUT2D eigenvalue weighted by Crippen LogP contribution is 2.30.